The van der Waals surface area contributed by atoms with Gasteiger partial charge < -0.3 is 4.90 Å². The predicted octanol–water partition coefficient (Wildman–Crippen LogP) is 7.62. The molecule has 38 heavy (non-hydrogen) atoms. The molecule has 0 aliphatic carbocycles. The van der Waals surface area contributed by atoms with Gasteiger partial charge in [-0.2, -0.15) is 0 Å². The fourth-order valence-electron chi connectivity index (χ4n) is 5.09. The monoisotopic (exact) mass is 509 g/mol. The zero-order chi connectivity index (χ0) is 26.7. The van der Waals surface area contributed by atoms with E-state index in [4.69, 9.17) is 4.98 Å². The Morgan fingerprint density at radius 1 is 0.816 bits per heavy atom. The molecule has 5 nitrogen and oxygen atoms in total. The maximum atomic E-state index is 13.8. The van der Waals surface area contributed by atoms with Crippen LogP contribution in [0.4, 0.5) is 0 Å². The van der Waals surface area contributed by atoms with Crippen molar-refractivity contribution in [3.8, 4) is 5.69 Å². The summed E-state index contributed by atoms with van der Waals surface area (Å²) in [4.78, 5) is 34.6. The summed E-state index contributed by atoms with van der Waals surface area (Å²) in [6.45, 7) is 4.76. The molecule has 1 amide bonds. The maximum Gasteiger partial charge on any atom is 0.266 e. The second kappa shape index (κ2) is 13.7. The molecule has 4 aromatic rings. The number of aromatic nitrogens is 2. The molecular weight excluding hydrogens is 470 g/mol. The smallest absolute Gasteiger partial charge is 0.266 e. The van der Waals surface area contributed by atoms with Gasteiger partial charge in [0.05, 0.1) is 22.6 Å². The fourth-order valence-corrected chi connectivity index (χ4v) is 5.09. The van der Waals surface area contributed by atoms with Crippen molar-refractivity contribution in [3.63, 3.8) is 0 Å². The Morgan fingerprint density at radius 2 is 1.45 bits per heavy atom. The number of amides is 1. The number of carbonyl (C=O) groups is 1. The van der Waals surface area contributed by atoms with Crippen LogP contribution in [0.2, 0.25) is 0 Å². The molecule has 0 aliphatic heterocycles. The molecule has 0 spiro atoms. The van der Waals surface area contributed by atoms with Crippen molar-refractivity contribution in [3.05, 3.63) is 107 Å². The molecular formula is C33H39N3O2. The summed E-state index contributed by atoms with van der Waals surface area (Å²) in [5.74, 6) is 0.716. The summed E-state index contributed by atoms with van der Waals surface area (Å²) in [5, 5.41) is 0.572. The first-order valence-corrected chi connectivity index (χ1v) is 14.0. The largest absolute Gasteiger partial charge is 0.328 e. The Kier molecular flexibility index (Phi) is 9.85. The van der Waals surface area contributed by atoms with Crippen LogP contribution < -0.4 is 5.56 Å². The fraction of sp³-hybridized carbons (Fsp3) is 0.364. The van der Waals surface area contributed by atoms with Crippen molar-refractivity contribution in [1.82, 2.24) is 14.5 Å². The predicted molar refractivity (Wildman–Crippen MR) is 155 cm³/mol. The van der Waals surface area contributed by atoms with Crippen LogP contribution in [-0.4, -0.2) is 20.4 Å². The number of rotatable bonds is 13. The number of unbranched alkanes of at least 4 members (excludes halogenated alkanes) is 5. The molecule has 198 valence electrons. The standard InChI is InChI=1S/C33H39N3O2/c1-3-5-6-7-8-15-24-31(37)35(25-26-18-11-9-12-19-26)30(4-2)32-34-29-23-17-16-22-28(29)33(38)36(32)27-20-13-10-14-21-27/h9-14,16-23,30H,3-8,15,24-25H2,1-2H3. The molecule has 1 aromatic heterocycles. The summed E-state index contributed by atoms with van der Waals surface area (Å²) < 4.78 is 1.70. The van der Waals surface area contributed by atoms with E-state index in [1.54, 1.807) is 4.57 Å². The molecule has 0 bridgehead atoms. The molecule has 0 fully saturated rings. The van der Waals surface area contributed by atoms with Gasteiger partial charge >= 0.3 is 0 Å². The van der Waals surface area contributed by atoms with Gasteiger partial charge in [-0.3, -0.25) is 14.2 Å². The second-order valence-corrected chi connectivity index (χ2v) is 9.91. The minimum atomic E-state index is -0.347. The molecule has 1 heterocycles. The summed E-state index contributed by atoms with van der Waals surface area (Å²) >= 11 is 0. The van der Waals surface area contributed by atoms with Gasteiger partial charge in [-0.25, -0.2) is 4.98 Å². The minimum Gasteiger partial charge on any atom is -0.328 e. The first-order valence-electron chi connectivity index (χ1n) is 14.0. The van der Waals surface area contributed by atoms with Crippen LogP contribution in [0.15, 0.2) is 89.7 Å². The van der Waals surface area contributed by atoms with E-state index in [1.165, 1.54) is 19.3 Å². The molecule has 1 unspecified atom stereocenters. The van der Waals surface area contributed by atoms with Gasteiger partial charge in [-0.15, -0.1) is 0 Å². The quantitative estimate of drug-likeness (QED) is 0.174. The average molecular weight is 510 g/mol. The average Bonchev–Trinajstić information content (AvgIpc) is 2.96. The molecule has 0 saturated carbocycles. The maximum absolute atomic E-state index is 13.8. The molecule has 5 heteroatoms. The highest BCUT2D eigenvalue weighted by Crippen LogP contribution is 2.28. The van der Waals surface area contributed by atoms with E-state index >= 15 is 0 Å². The van der Waals surface area contributed by atoms with Gasteiger partial charge in [0.25, 0.3) is 5.56 Å². The summed E-state index contributed by atoms with van der Waals surface area (Å²) in [6, 6.07) is 26.8. The molecule has 0 saturated heterocycles. The van der Waals surface area contributed by atoms with Crippen LogP contribution in [0, 0.1) is 0 Å². The van der Waals surface area contributed by atoms with Crippen molar-refractivity contribution in [1.29, 1.82) is 0 Å². The van der Waals surface area contributed by atoms with E-state index in [0.29, 0.717) is 36.1 Å². The highest BCUT2D eigenvalue weighted by Gasteiger charge is 2.29. The van der Waals surface area contributed by atoms with Crippen LogP contribution in [0.1, 0.15) is 82.6 Å². The number of nitrogens with zero attached hydrogens (tertiary/aromatic N) is 3. The zero-order valence-corrected chi connectivity index (χ0v) is 22.7. The second-order valence-electron chi connectivity index (χ2n) is 9.91. The Labute approximate surface area is 226 Å². The van der Waals surface area contributed by atoms with Gasteiger partial charge in [0.1, 0.15) is 5.82 Å². The van der Waals surface area contributed by atoms with E-state index in [-0.39, 0.29) is 17.5 Å². The van der Waals surface area contributed by atoms with E-state index in [9.17, 15) is 9.59 Å². The van der Waals surface area contributed by atoms with Crippen molar-refractivity contribution in [2.45, 2.75) is 77.8 Å². The number of para-hydroxylation sites is 2. The normalized spacial score (nSPS) is 11.9. The summed E-state index contributed by atoms with van der Waals surface area (Å²) in [5.41, 5.74) is 2.36. The lowest BCUT2D eigenvalue weighted by Gasteiger charge is -2.32. The van der Waals surface area contributed by atoms with Crippen molar-refractivity contribution in [2.24, 2.45) is 0 Å². The third-order valence-corrected chi connectivity index (χ3v) is 7.14. The minimum absolute atomic E-state index is 0.109. The topological polar surface area (TPSA) is 55.2 Å². The summed E-state index contributed by atoms with van der Waals surface area (Å²) in [6.07, 6.45) is 7.93. The Balaban J connectivity index is 1.75. The van der Waals surface area contributed by atoms with Crippen LogP contribution in [0.25, 0.3) is 16.6 Å². The number of hydrogen-bond acceptors (Lipinski definition) is 3. The van der Waals surface area contributed by atoms with Crippen molar-refractivity contribution < 1.29 is 4.79 Å². The summed E-state index contributed by atoms with van der Waals surface area (Å²) in [7, 11) is 0. The zero-order valence-electron chi connectivity index (χ0n) is 22.7. The number of hydrogen-bond donors (Lipinski definition) is 0. The first-order chi connectivity index (χ1) is 18.6. The van der Waals surface area contributed by atoms with Gasteiger partial charge in [0, 0.05) is 13.0 Å². The van der Waals surface area contributed by atoms with Gasteiger partial charge in [0.15, 0.2) is 0 Å². The van der Waals surface area contributed by atoms with E-state index < -0.39 is 0 Å². The molecule has 0 aliphatic rings. The van der Waals surface area contributed by atoms with E-state index in [0.717, 1.165) is 30.5 Å². The molecule has 0 N–H and O–H groups in total. The Morgan fingerprint density at radius 3 is 2.16 bits per heavy atom. The van der Waals surface area contributed by atoms with Gasteiger partial charge in [0.2, 0.25) is 5.91 Å². The molecule has 0 radical (unpaired) electrons. The Bertz CT molecular complexity index is 1370. The first kappa shape index (κ1) is 27.3. The lowest BCUT2D eigenvalue weighted by atomic mass is 10.1. The van der Waals surface area contributed by atoms with Crippen molar-refractivity contribution in [2.75, 3.05) is 0 Å². The number of benzene rings is 3. The van der Waals surface area contributed by atoms with Crippen LogP contribution in [0.5, 0.6) is 0 Å². The Hall–Kier alpha value is -3.73. The van der Waals surface area contributed by atoms with Crippen LogP contribution in [0.3, 0.4) is 0 Å². The number of fused-ring (bicyclic) bond motifs is 1. The SMILES string of the molecule is CCCCCCCCC(=O)N(Cc1ccccc1)C(CC)c1nc2ccccc2c(=O)n1-c1ccccc1. The van der Waals surface area contributed by atoms with Crippen molar-refractivity contribution >= 4 is 16.8 Å². The number of carbonyl (C=O) groups excluding carboxylic acids is 1. The van der Waals surface area contributed by atoms with Crippen LogP contribution >= 0.6 is 0 Å². The van der Waals surface area contributed by atoms with E-state index in [2.05, 4.69) is 26.0 Å². The van der Waals surface area contributed by atoms with Gasteiger partial charge in [-0.05, 0) is 42.7 Å². The van der Waals surface area contributed by atoms with Gasteiger partial charge in [-0.1, -0.05) is 107 Å². The lowest BCUT2D eigenvalue weighted by molar-refractivity contribution is -0.135. The molecule has 3 aromatic carbocycles. The molecule has 4 rings (SSSR count). The highest BCUT2D eigenvalue weighted by molar-refractivity contribution is 5.79. The third kappa shape index (κ3) is 6.58. The highest BCUT2D eigenvalue weighted by atomic mass is 16.2. The lowest BCUT2D eigenvalue weighted by Crippen LogP contribution is -2.38. The third-order valence-electron chi connectivity index (χ3n) is 7.14. The van der Waals surface area contributed by atoms with Crippen LogP contribution in [-0.2, 0) is 11.3 Å². The molecule has 1 atom stereocenters. The van der Waals surface area contributed by atoms with E-state index in [1.807, 2.05) is 77.7 Å².